The molecule has 1 aromatic carbocycles. The van der Waals surface area contributed by atoms with Crippen molar-refractivity contribution in [3.63, 3.8) is 0 Å². The first-order valence-corrected chi connectivity index (χ1v) is 7.42. The number of fused-ring (bicyclic) bond motifs is 1. The van der Waals surface area contributed by atoms with Crippen LogP contribution in [-0.2, 0) is 19.4 Å². The molecule has 0 spiro atoms. The topological polar surface area (TPSA) is 75.3 Å². The van der Waals surface area contributed by atoms with E-state index in [1.165, 1.54) is 22.9 Å². The number of rotatable bonds is 3. The third kappa shape index (κ3) is 2.49. The summed E-state index contributed by atoms with van der Waals surface area (Å²) in [7, 11) is 0. The Morgan fingerprint density at radius 3 is 3.00 bits per heavy atom. The number of thiophene rings is 1. The standard InChI is InChI=1S/C15H16N2O2S/c16-11-4-5-12(18)10(6-11)8-17-15(19)14-7-9-2-1-3-13(9)20-14/h4-7,18H,1-3,8,16H2,(H,17,19). The zero-order valence-corrected chi connectivity index (χ0v) is 11.8. The highest BCUT2D eigenvalue weighted by Crippen LogP contribution is 2.30. The predicted molar refractivity (Wildman–Crippen MR) is 80.0 cm³/mol. The van der Waals surface area contributed by atoms with E-state index in [-0.39, 0.29) is 18.2 Å². The van der Waals surface area contributed by atoms with Crippen LogP contribution >= 0.6 is 11.3 Å². The molecule has 104 valence electrons. The van der Waals surface area contributed by atoms with Crippen LogP contribution in [0.25, 0.3) is 0 Å². The lowest BCUT2D eigenvalue weighted by Crippen LogP contribution is -2.22. The fourth-order valence-electron chi connectivity index (χ4n) is 2.45. The van der Waals surface area contributed by atoms with Gasteiger partial charge in [-0.1, -0.05) is 0 Å². The Balaban J connectivity index is 1.68. The Kier molecular flexibility index (Phi) is 3.36. The van der Waals surface area contributed by atoms with E-state index in [1.807, 2.05) is 6.07 Å². The normalized spacial score (nSPS) is 13.2. The average Bonchev–Trinajstić information content (AvgIpc) is 3.00. The van der Waals surface area contributed by atoms with Gasteiger partial charge in [0.2, 0.25) is 0 Å². The third-order valence-electron chi connectivity index (χ3n) is 3.51. The molecule has 2 aromatic rings. The lowest BCUT2D eigenvalue weighted by molar-refractivity contribution is 0.0954. The molecule has 1 aromatic heterocycles. The molecule has 0 radical (unpaired) electrons. The number of nitrogen functional groups attached to an aromatic ring is 1. The molecule has 0 bridgehead atoms. The molecule has 1 heterocycles. The minimum atomic E-state index is -0.0915. The molecule has 0 saturated carbocycles. The molecule has 4 N–H and O–H groups in total. The van der Waals surface area contributed by atoms with Crippen LogP contribution in [0, 0.1) is 0 Å². The monoisotopic (exact) mass is 288 g/mol. The maximum Gasteiger partial charge on any atom is 0.261 e. The lowest BCUT2D eigenvalue weighted by Gasteiger charge is -2.07. The SMILES string of the molecule is Nc1ccc(O)c(CNC(=O)c2cc3c(s2)CCC3)c1. The maximum atomic E-state index is 12.1. The summed E-state index contributed by atoms with van der Waals surface area (Å²) in [5.74, 6) is 0.0550. The number of carbonyl (C=O) groups excluding carboxylic acids is 1. The van der Waals surface area contributed by atoms with Crippen molar-refractivity contribution in [2.45, 2.75) is 25.8 Å². The largest absolute Gasteiger partial charge is 0.508 e. The van der Waals surface area contributed by atoms with E-state index in [0.29, 0.717) is 11.3 Å². The quantitative estimate of drug-likeness (QED) is 0.600. The number of benzene rings is 1. The van der Waals surface area contributed by atoms with Crippen LogP contribution in [0.4, 0.5) is 5.69 Å². The maximum absolute atomic E-state index is 12.1. The minimum Gasteiger partial charge on any atom is -0.508 e. The summed E-state index contributed by atoms with van der Waals surface area (Å²) in [4.78, 5) is 14.2. The van der Waals surface area contributed by atoms with Crippen LogP contribution in [0.15, 0.2) is 24.3 Å². The minimum absolute atomic E-state index is 0.0915. The Bertz CT molecular complexity index is 642. The number of phenols is 1. The molecular formula is C15H16N2O2S. The molecule has 20 heavy (non-hydrogen) atoms. The molecule has 0 unspecified atom stereocenters. The third-order valence-corrected chi connectivity index (χ3v) is 4.75. The summed E-state index contributed by atoms with van der Waals surface area (Å²) in [6, 6.07) is 6.83. The van der Waals surface area contributed by atoms with Gasteiger partial charge in [-0.15, -0.1) is 11.3 Å². The summed E-state index contributed by atoms with van der Waals surface area (Å²) in [5.41, 5.74) is 8.18. The number of aryl methyl sites for hydroxylation is 2. The van der Waals surface area contributed by atoms with E-state index in [4.69, 9.17) is 5.73 Å². The van der Waals surface area contributed by atoms with Crippen molar-refractivity contribution in [1.29, 1.82) is 0 Å². The summed E-state index contributed by atoms with van der Waals surface area (Å²) < 4.78 is 0. The van der Waals surface area contributed by atoms with Crippen molar-refractivity contribution < 1.29 is 9.90 Å². The Morgan fingerprint density at radius 2 is 2.20 bits per heavy atom. The van der Waals surface area contributed by atoms with E-state index < -0.39 is 0 Å². The van der Waals surface area contributed by atoms with E-state index in [1.54, 1.807) is 23.5 Å². The van der Waals surface area contributed by atoms with Crippen LogP contribution in [0.2, 0.25) is 0 Å². The summed E-state index contributed by atoms with van der Waals surface area (Å²) in [5, 5.41) is 12.5. The molecule has 4 nitrogen and oxygen atoms in total. The Labute approximate surface area is 121 Å². The smallest absolute Gasteiger partial charge is 0.261 e. The molecule has 0 aliphatic heterocycles. The van der Waals surface area contributed by atoms with Crippen molar-refractivity contribution in [2.75, 3.05) is 5.73 Å². The molecule has 1 aliphatic rings. The number of nitrogens with two attached hydrogens (primary N) is 1. The number of aromatic hydroxyl groups is 1. The summed E-state index contributed by atoms with van der Waals surface area (Å²) >= 11 is 1.57. The second-order valence-electron chi connectivity index (χ2n) is 4.98. The molecule has 3 rings (SSSR count). The summed E-state index contributed by atoms with van der Waals surface area (Å²) in [6.45, 7) is 0.276. The Hall–Kier alpha value is -2.01. The molecule has 1 amide bonds. The van der Waals surface area contributed by atoms with Crippen LogP contribution in [0.3, 0.4) is 0 Å². The van der Waals surface area contributed by atoms with E-state index in [9.17, 15) is 9.90 Å². The second-order valence-corrected chi connectivity index (χ2v) is 6.12. The van der Waals surface area contributed by atoms with Gasteiger partial charge in [0, 0.05) is 22.7 Å². The number of phenolic OH excluding ortho intramolecular Hbond substituents is 1. The van der Waals surface area contributed by atoms with Crippen molar-refractivity contribution in [3.8, 4) is 5.75 Å². The number of carbonyl (C=O) groups is 1. The molecule has 1 aliphatic carbocycles. The van der Waals surface area contributed by atoms with Crippen molar-refractivity contribution in [2.24, 2.45) is 0 Å². The first-order chi connectivity index (χ1) is 9.63. The highest BCUT2D eigenvalue weighted by Gasteiger charge is 2.18. The number of anilines is 1. The van der Waals surface area contributed by atoms with Crippen molar-refractivity contribution in [1.82, 2.24) is 5.32 Å². The fourth-order valence-corrected chi connectivity index (χ4v) is 3.62. The van der Waals surface area contributed by atoms with Crippen LogP contribution in [0.5, 0.6) is 5.75 Å². The lowest BCUT2D eigenvalue weighted by atomic mass is 10.1. The average molecular weight is 288 g/mol. The zero-order valence-electron chi connectivity index (χ0n) is 11.0. The van der Waals surface area contributed by atoms with Crippen LogP contribution in [-0.4, -0.2) is 11.0 Å². The van der Waals surface area contributed by atoms with Crippen LogP contribution < -0.4 is 11.1 Å². The number of hydrogen-bond acceptors (Lipinski definition) is 4. The Morgan fingerprint density at radius 1 is 1.35 bits per heavy atom. The van der Waals surface area contributed by atoms with Gasteiger partial charge in [-0.2, -0.15) is 0 Å². The second kappa shape index (κ2) is 5.17. The number of amides is 1. The molecule has 0 fully saturated rings. The zero-order chi connectivity index (χ0) is 14.1. The van der Waals surface area contributed by atoms with E-state index in [2.05, 4.69) is 5.32 Å². The highest BCUT2D eigenvalue weighted by atomic mass is 32.1. The number of hydrogen-bond donors (Lipinski definition) is 3. The van der Waals surface area contributed by atoms with Gasteiger partial charge in [-0.3, -0.25) is 4.79 Å². The predicted octanol–water partition coefficient (Wildman–Crippen LogP) is 2.45. The fraction of sp³-hybridized carbons (Fsp3) is 0.267. The van der Waals surface area contributed by atoms with Crippen molar-refractivity contribution >= 4 is 22.9 Å². The molecule has 5 heteroatoms. The van der Waals surface area contributed by atoms with Gasteiger partial charge < -0.3 is 16.2 Å². The van der Waals surface area contributed by atoms with E-state index in [0.717, 1.165) is 17.7 Å². The van der Waals surface area contributed by atoms with Gasteiger partial charge in [0.15, 0.2) is 0 Å². The molecule has 0 atom stereocenters. The van der Waals surface area contributed by atoms with E-state index >= 15 is 0 Å². The first kappa shape index (κ1) is 13.0. The van der Waals surface area contributed by atoms with Gasteiger partial charge in [0.1, 0.15) is 5.75 Å². The molecule has 0 saturated heterocycles. The van der Waals surface area contributed by atoms with Crippen LogP contribution in [0.1, 0.15) is 32.1 Å². The van der Waals surface area contributed by atoms with Gasteiger partial charge in [0.05, 0.1) is 4.88 Å². The first-order valence-electron chi connectivity index (χ1n) is 6.60. The van der Waals surface area contributed by atoms with Crippen molar-refractivity contribution in [3.05, 3.63) is 45.1 Å². The van der Waals surface area contributed by atoms with Gasteiger partial charge >= 0.3 is 0 Å². The van der Waals surface area contributed by atoms with Gasteiger partial charge in [-0.25, -0.2) is 0 Å². The van der Waals surface area contributed by atoms with Gasteiger partial charge in [-0.05, 0) is 49.1 Å². The summed E-state index contributed by atoms with van der Waals surface area (Å²) in [6.07, 6.45) is 3.36. The highest BCUT2D eigenvalue weighted by molar-refractivity contribution is 7.14. The number of nitrogens with one attached hydrogen (secondary N) is 1. The van der Waals surface area contributed by atoms with Gasteiger partial charge in [0.25, 0.3) is 5.91 Å². The molecular weight excluding hydrogens is 272 g/mol.